The van der Waals surface area contributed by atoms with Crippen LogP contribution in [0.2, 0.25) is 0 Å². The molecule has 0 aromatic heterocycles. The van der Waals surface area contributed by atoms with Gasteiger partial charge in [0.15, 0.2) is 9.84 Å². The quantitative estimate of drug-likeness (QED) is 0.657. The smallest absolute Gasteiger partial charge is 0.251 e. The highest BCUT2D eigenvalue weighted by atomic mass is 32.2. The van der Waals surface area contributed by atoms with Crippen molar-refractivity contribution in [1.29, 1.82) is 0 Å². The molecule has 0 bridgehead atoms. The highest BCUT2D eigenvalue weighted by Gasteiger charge is 2.13. The second kappa shape index (κ2) is 9.35. The molecule has 0 saturated carbocycles. The van der Waals surface area contributed by atoms with Gasteiger partial charge in [-0.15, -0.1) is 0 Å². The zero-order valence-corrected chi connectivity index (χ0v) is 15.9. The van der Waals surface area contributed by atoms with Crippen LogP contribution in [0, 0.1) is 0 Å². The lowest BCUT2D eigenvalue weighted by Gasteiger charge is -2.11. The molecule has 26 heavy (non-hydrogen) atoms. The Morgan fingerprint density at radius 2 is 1.65 bits per heavy atom. The van der Waals surface area contributed by atoms with E-state index in [1.807, 2.05) is 14.1 Å². The van der Waals surface area contributed by atoms with E-state index in [-0.39, 0.29) is 16.7 Å². The van der Waals surface area contributed by atoms with E-state index in [2.05, 4.69) is 15.5 Å². The van der Waals surface area contributed by atoms with Crippen molar-refractivity contribution in [3.8, 4) is 0 Å². The molecule has 0 fully saturated rings. The third-order valence-corrected chi connectivity index (χ3v) is 5.30. The molecule has 0 aliphatic rings. The van der Waals surface area contributed by atoms with Crippen LogP contribution in [0.4, 0.5) is 5.69 Å². The first-order valence-electron chi connectivity index (χ1n) is 8.43. The van der Waals surface area contributed by atoms with E-state index in [0.29, 0.717) is 17.8 Å². The lowest BCUT2D eigenvalue weighted by Crippen LogP contribution is -2.27. The molecule has 7 heteroatoms. The first kappa shape index (κ1) is 19.9. The summed E-state index contributed by atoms with van der Waals surface area (Å²) in [7, 11) is 0.582. The molecule has 140 valence electrons. The standard InChI is InChI=1S/C19H25N3O3S/c1-22(2)14-6-13-20-19(23)16-9-11-17(12-10-16)21-15-26(24,25)18-7-4-3-5-8-18/h3-5,7-12,21H,6,13-15H2,1-2H3,(H,20,23). The van der Waals surface area contributed by atoms with Gasteiger partial charge in [-0.3, -0.25) is 4.79 Å². The lowest BCUT2D eigenvalue weighted by atomic mass is 10.2. The average molecular weight is 375 g/mol. The molecule has 0 heterocycles. The molecular weight excluding hydrogens is 350 g/mol. The van der Waals surface area contributed by atoms with Crippen molar-refractivity contribution in [2.24, 2.45) is 0 Å². The fourth-order valence-electron chi connectivity index (χ4n) is 2.33. The van der Waals surface area contributed by atoms with Crippen LogP contribution >= 0.6 is 0 Å². The normalized spacial score (nSPS) is 11.3. The molecule has 0 radical (unpaired) electrons. The van der Waals surface area contributed by atoms with E-state index in [4.69, 9.17) is 0 Å². The third-order valence-electron chi connectivity index (χ3n) is 3.78. The number of nitrogens with zero attached hydrogens (tertiary/aromatic N) is 1. The highest BCUT2D eigenvalue weighted by Crippen LogP contribution is 2.13. The molecule has 0 spiro atoms. The number of carbonyl (C=O) groups excluding carboxylic acids is 1. The maximum absolute atomic E-state index is 12.2. The lowest BCUT2D eigenvalue weighted by molar-refractivity contribution is 0.0952. The fourth-order valence-corrected chi connectivity index (χ4v) is 3.42. The van der Waals surface area contributed by atoms with Gasteiger partial charge in [-0.1, -0.05) is 18.2 Å². The number of carbonyl (C=O) groups is 1. The zero-order chi connectivity index (χ0) is 19.0. The summed E-state index contributed by atoms with van der Waals surface area (Å²) in [5.74, 6) is -0.334. The second-order valence-corrected chi connectivity index (χ2v) is 8.23. The van der Waals surface area contributed by atoms with Crippen molar-refractivity contribution in [1.82, 2.24) is 10.2 Å². The van der Waals surface area contributed by atoms with E-state index in [1.54, 1.807) is 54.6 Å². The van der Waals surface area contributed by atoms with Gasteiger partial charge in [0.2, 0.25) is 0 Å². The molecule has 0 unspecified atom stereocenters. The minimum absolute atomic E-state index is 0.132. The average Bonchev–Trinajstić information content (AvgIpc) is 2.64. The van der Waals surface area contributed by atoms with Crippen LogP contribution in [0.5, 0.6) is 0 Å². The van der Waals surface area contributed by atoms with Crippen molar-refractivity contribution in [3.63, 3.8) is 0 Å². The van der Waals surface area contributed by atoms with Crippen molar-refractivity contribution in [2.45, 2.75) is 11.3 Å². The van der Waals surface area contributed by atoms with Crippen LogP contribution in [0.1, 0.15) is 16.8 Å². The molecule has 0 aliphatic carbocycles. The number of benzene rings is 2. The number of hydrogen-bond donors (Lipinski definition) is 2. The van der Waals surface area contributed by atoms with Crippen molar-refractivity contribution in [2.75, 3.05) is 38.4 Å². The van der Waals surface area contributed by atoms with Crippen LogP contribution in [0.15, 0.2) is 59.5 Å². The van der Waals surface area contributed by atoms with E-state index in [1.165, 1.54) is 0 Å². The molecule has 2 rings (SSSR count). The van der Waals surface area contributed by atoms with E-state index in [0.717, 1.165) is 13.0 Å². The van der Waals surface area contributed by atoms with Gasteiger partial charge in [0, 0.05) is 17.8 Å². The van der Waals surface area contributed by atoms with Crippen LogP contribution in [0.25, 0.3) is 0 Å². The number of sulfone groups is 1. The van der Waals surface area contributed by atoms with E-state index in [9.17, 15) is 13.2 Å². The predicted molar refractivity (Wildman–Crippen MR) is 104 cm³/mol. The first-order chi connectivity index (χ1) is 12.4. The molecule has 0 saturated heterocycles. The monoisotopic (exact) mass is 375 g/mol. The fraction of sp³-hybridized carbons (Fsp3) is 0.316. The Kier molecular flexibility index (Phi) is 7.17. The molecule has 6 nitrogen and oxygen atoms in total. The first-order valence-corrected chi connectivity index (χ1v) is 10.1. The van der Waals surface area contributed by atoms with Gasteiger partial charge in [-0.25, -0.2) is 8.42 Å². The van der Waals surface area contributed by atoms with Crippen LogP contribution in [-0.4, -0.2) is 52.3 Å². The van der Waals surface area contributed by atoms with Gasteiger partial charge in [0.1, 0.15) is 5.88 Å². The Labute approximate surface area is 155 Å². The highest BCUT2D eigenvalue weighted by molar-refractivity contribution is 7.91. The number of amides is 1. The van der Waals surface area contributed by atoms with Crippen molar-refractivity contribution < 1.29 is 13.2 Å². The van der Waals surface area contributed by atoms with Crippen molar-refractivity contribution in [3.05, 3.63) is 60.2 Å². The van der Waals surface area contributed by atoms with E-state index >= 15 is 0 Å². The molecule has 0 atom stereocenters. The van der Waals surface area contributed by atoms with Crippen LogP contribution < -0.4 is 10.6 Å². The van der Waals surface area contributed by atoms with Gasteiger partial charge in [-0.05, 0) is 63.5 Å². The SMILES string of the molecule is CN(C)CCCNC(=O)c1ccc(NCS(=O)(=O)c2ccccc2)cc1. The summed E-state index contributed by atoms with van der Waals surface area (Å²) < 4.78 is 24.5. The summed E-state index contributed by atoms with van der Waals surface area (Å²) in [6, 6.07) is 15.1. The Balaban J connectivity index is 1.86. The number of nitrogens with one attached hydrogen (secondary N) is 2. The summed E-state index contributed by atoms with van der Waals surface area (Å²) in [4.78, 5) is 14.4. The Hall–Kier alpha value is -2.38. The molecule has 2 N–H and O–H groups in total. The van der Waals surface area contributed by atoms with Crippen LogP contribution in [-0.2, 0) is 9.84 Å². The summed E-state index contributed by atoms with van der Waals surface area (Å²) in [6.07, 6.45) is 0.885. The van der Waals surface area contributed by atoms with Gasteiger partial charge in [0.05, 0.1) is 4.90 Å². The number of anilines is 1. The summed E-state index contributed by atoms with van der Waals surface area (Å²) in [6.45, 7) is 1.53. The van der Waals surface area contributed by atoms with Gasteiger partial charge in [-0.2, -0.15) is 0 Å². The number of rotatable bonds is 9. The van der Waals surface area contributed by atoms with Gasteiger partial charge < -0.3 is 15.5 Å². The molecule has 0 aliphatic heterocycles. The second-order valence-electron chi connectivity index (χ2n) is 6.24. The minimum atomic E-state index is -3.40. The Bertz CT molecular complexity index is 804. The van der Waals surface area contributed by atoms with Crippen molar-refractivity contribution >= 4 is 21.4 Å². The summed E-state index contributed by atoms with van der Waals surface area (Å²) in [5, 5.41) is 5.76. The van der Waals surface area contributed by atoms with E-state index < -0.39 is 9.84 Å². The molecule has 2 aromatic rings. The Morgan fingerprint density at radius 1 is 1.00 bits per heavy atom. The largest absolute Gasteiger partial charge is 0.371 e. The van der Waals surface area contributed by atoms with Crippen LogP contribution in [0.3, 0.4) is 0 Å². The van der Waals surface area contributed by atoms with Gasteiger partial charge in [0.25, 0.3) is 5.91 Å². The maximum Gasteiger partial charge on any atom is 0.251 e. The maximum atomic E-state index is 12.2. The molecule has 2 aromatic carbocycles. The molecule has 1 amide bonds. The minimum Gasteiger partial charge on any atom is -0.371 e. The third kappa shape index (κ3) is 6.16. The summed E-state index contributed by atoms with van der Waals surface area (Å²) in [5.41, 5.74) is 1.19. The number of hydrogen-bond acceptors (Lipinski definition) is 5. The topological polar surface area (TPSA) is 78.5 Å². The molecular formula is C19H25N3O3S. The Morgan fingerprint density at radius 3 is 2.27 bits per heavy atom. The van der Waals surface area contributed by atoms with Gasteiger partial charge >= 0.3 is 0 Å². The zero-order valence-electron chi connectivity index (χ0n) is 15.1. The summed E-state index contributed by atoms with van der Waals surface area (Å²) >= 11 is 0. The predicted octanol–water partition coefficient (Wildman–Crippen LogP) is 2.21.